The molecule has 1 aromatic carbocycles. The largest absolute Gasteiger partial charge is 0.393 e. The Hall–Kier alpha value is -2.58. The number of benzene rings is 1. The van der Waals surface area contributed by atoms with Crippen LogP contribution in [0.5, 0.6) is 0 Å². The van der Waals surface area contributed by atoms with Gasteiger partial charge in [-0.3, -0.25) is 0 Å². The summed E-state index contributed by atoms with van der Waals surface area (Å²) in [4.78, 5) is 16.0. The summed E-state index contributed by atoms with van der Waals surface area (Å²) in [6.07, 6.45) is 4.79. The number of rotatable bonds is 7. The van der Waals surface area contributed by atoms with E-state index in [0.717, 1.165) is 31.6 Å². The van der Waals surface area contributed by atoms with Crippen LogP contribution in [-0.2, 0) is 16.2 Å². The molecule has 1 fully saturated rings. The molecule has 0 unspecified atom stereocenters. The van der Waals surface area contributed by atoms with Crippen LogP contribution in [0.4, 0.5) is 10.3 Å². The Morgan fingerprint density at radius 1 is 1.19 bits per heavy atom. The predicted molar refractivity (Wildman–Crippen MR) is 100 cm³/mol. The van der Waals surface area contributed by atoms with Crippen molar-refractivity contribution < 1.29 is 19.1 Å². The molecule has 0 saturated carbocycles. The number of oxime groups is 1. The number of hydrogen-bond donors (Lipinski definition) is 1. The molecule has 2 aromatic rings. The fourth-order valence-corrected chi connectivity index (χ4v) is 2.86. The quantitative estimate of drug-likeness (QED) is 0.592. The highest BCUT2D eigenvalue weighted by Crippen LogP contribution is 2.25. The monoisotopic (exact) mass is 374 g/mol. The van der Waals surface area contributed by atoms with Crippen LogP contribution < -0.4 is 4.90 Å². The van der Waals surface area contributed by atoms with Crippen molar-refractivity contribution >= 4 is 11.7 Å². The Balaban J connectivity index is 1.62. The molecule has 1 aromatic heterocycles. The van der Waals surface area contributed by atoms with Crippen molar-refractivity contribution in [3.63, 3.8) is 0 Å². The Kier molecular flexibility index (Phi) is 6.67. The third kappa shape index (κ3) is 4.78. The third-order valence-electron chi connectivity index (χ3n) is 4.39. The summed E-state index contributed by atoms with van der Waals surface area (Å²) in [5.74, 6) is 0.167. The number of hydrogen-bond acceptors (Lipinski definition) is 7. The fraction of sp³-hybridized carbons (Fsp3) is 0.421. The maximum Gasteiger partial charge on any atom is 0.225 e. The van der Waals surface area contributed by atoms with E-state index in [2.05, 4.69) is 20.0 Å². The number of halogens is 1. The first kappa shape index (κ1) is 19.2. The third-order valence-corrected chi connectivity index (χ3v) is 4.39. The first-order chi connectivity index (χ1) is 13.2. The van der Waals surface area contributed by atoms with Gasteiger partial charge in [0.15, 0.2) is 0 Å². The standard InChI is InChI=1S/C19H23FN4O3/c1-26-9-10-27-23-16-5-7-24(8-6-16)19-21-11-15(12-22-19)17-4-2-3-14(13-25)18(17)20/h2-4,11-12,25H,5-10,13H2,1H3. The van der Waals surface area contributed by atoms with E-state index in [1.165, 1.54) is 0 Å². The summed E-state index contributed by atoms with van der Waals surface area (Å²) in [7, 11) is 1.62. The molecule has 1 saturated heterocycles. The lowest BCUT2D eigenvalue weighted by Gasteiger charge is -2.27. The molecule has 144 valence electrons. The van der Waals surface area contributed by atoms with Crippen LogP contribution in [0.1, 0.15) is 18.4 Å². The maximum absolute atomic E-state index is 14.3. The van der Waals surface area contributed by atoms with Crippen molar-refractivity contribution in [1.82, 2.24) is 9.97 Å². The zero-order valence-corrected chi connectivity index (χ0v) is 15.3. The van der Waals surface area contributed by atoms with Crippen LogP contribution in [0.15, 0.2) is 35.7 Å². The molecule has 1 N–H and O–H groups in total. The molecule has 1 aliphatic heterocycles. The average molecular weight is 374 g/mol. The molecule has 0 aliphatic carbocycles. The molecule has 7 nitrogen and oxygen atoms in total. The molecule has 0 bridgehead atoms. The number of nitrogens with zero attached hydrogens (tertiary/aromatic N) is 4. The molecule has 27 heavy (non-hydrogen) atoms. The van der Waals surface area contributed by atoms with E-state index in [-0.39, 0.29) is 12.2 Å². The van der Waals surface area contributed by atoms with E-state index in [4.69, 9.17) is 9.57 Å². The van der Waals surface area contributed by atoms with Crippen LogP contribution in [-0.4, -0.2) is 54.2 Å². The minimum atomic E-state index is -0.441. The predicted octanol–water partition coefficient (Wildman–Crippen LogP) is 2.39. The number of aliphatic hydroxyl groups excluding tert-OH is 1. The highest BCUT2D eigenvalue weighted by atomic mass is 19.1. The first-order valence-electron chi connectivity index (χ1n) is 8.85. The first-order valence-corrected chi connectivity index (χ1v) is 8.85. The smallest absolute Gasteiger partial charge is 0.225 e. The number of methoxy groups -OCH3 is 1. The lowest BCUT2D eigenvalue weighted by Crippen LogP contribution is -2.35. The molecular formula is C19H23FN4O3. The van der Waals surface area contributed by atoms with Crippen LogP contribution in [0.2, 0.25) is 0 Å². The molecule has 3 rings (SSSR count). The van der Waals surface area contributed by atoms with Crippen LogP contribution >= 0.6 is 0 Å². The number of piperidine rings is 1. The van der Waals surface area contributed by atoms with Gasteiger partial charge in [-0.1, -0.05) is 23.4 Å². The van der Waals surface area contributed by atoms with Gasteiger partial charge in [0.25, 0.3) is 0 Å². The summed E-state index contributed by atoms with van der Waals surface area (Å²) in [5, 5.41) is 13.3. The van der Waals surface area contributed by atoms with E-state index in [1.54, 1.807) is 37.7 Å². The van der Waals surface area contributed by atoms with E-state index in [0.29, 0.717) is 30.3 Å². The number of anilines is 1. The highest BCUT2D eigenvalue weighted by Gasteiger charge is 2.18. The second kappa shape index (κ2) is 9.38. The van der Waals surface area contributed by atoms with Gasteiger partial charge in [-0.25, -0.2) is 14.4 Å². The van der Waals surface area contributed by atoms with E-state index in [1.807, 2.05) is 0 Å². The maximum atomic E-state index is 14.3. The number of aromatic nitrogens is 2. The SMILES string of the molecule is COCCON=C1CCN(c2ncc(-c3cccc(CO)c3F)cn2)CC1. The topological polar surface area (TPSA) is 80.1 Å². The number of aliphatic hydroxyl groups is 1. The summed E-state index contributed by atoms with van der Waals surface area (Å²) in [5.41, 5.74) is 2.24. The van der Waals surface area contributed by atoms with Gasteiger partial charge in [0.05, 0.1) is 18.9 Å². The van der Waals surface area contributed by atoms with Gasteiger partial charge < -0.3 is 19.6 Å². The van der Waals surface area contributed by atoms with Gasteiger partial charge in [-0.15, -0.1) is 0 Å². The van der Waals surface area contributed by atoms with Crippen LogP contribution in [0, 0.1) is 5.82 Å². The van der Waals surface area contributed by atoms with E-state index >= 15 is 0 Å². The van der Waals surface area contributed by atoms with Crippen molar-refractivity contribution in [1.29, 1.82) is 0 Å². The summed E-state index contributed by atoms with van der Waals surface area (Å²) < 4.78 is 19.3. The normalized spacial score (nSPS) is 14.3. The van der Waals surface area contributed by atoms with Gasteiger partial charge in [-0.2, -0.15) is 0 Å². The lowest BCUT2D eigenvalue weighted by atomic mass is 10.1. The molecule has 0 radical (unpaired) electrons. The van der Waals surface area contributed by atoms with Crippen molar-refractivity contribution in [2.75, 3.05) is 38.3 Å². The summed E-state index contributed by atoms with van der Waals surface area (Å²) in [6.45, 7) is 2.12. The molecule has 1 aliphatic rings. The second-order valence-electron chi connectivity index (χ2n) is 6.18. The minimum absolute atomic E-state index is 0.257. The van der Waals surface area contributed by atoms with Crippen molar-refractivity contribution in [2.24, 2.45) is 5.16 Å². The van der Waals surface area contributed by atoms with Crippen molar-refractivity contribution in [2.45, 2.75) is 19.4 Å². The van der Waals surface area contributed by atoms with Crippen LogP contribution in [0.3, 0.4) is 0 Å². The van der Waals surface area contributed by atoms with Gasteiger partial charge in [0, 0.05) is 62.1 Å². The van der Waals surface area contributed by atoms with Gasteiger partial charge in [-0.05, 0) is 0 Å². The van der Waals surface area contributed by atoms with E-state index in [9.17, 15) is 9.50 Å². The Labute approximate surface area is 157 Å². The molecule has 0 spiro atoms. The van der Waals surface area contributed by atoms with Crippen molar-refractivity contribution in [3.8, 4) is 11.1 Å². The average Bonchev–Trinajstić information content (AvgIpc) is 2.72. The van der Waals surface area contributed by atoms with Crippen LogP contribution in [0.25, 0.3) is 11.1 Å². The summed E-state index contributed by atoms with van der Waals surface area (Å²) >= 11 is 0. The minimum Gasteiger partial charge on any atom is -0.393 e. The fourth-order valence-electron chi connectivity index (χ4n) is 2.86. The zero-order valence-electron chi connectivity index (χ0n) is 15.3. The second-order valence-corrected chi connectivity index (χ2v) is 6.18. The molecule has 2 heterocycles. The van der Waals surface area contributed by atoms with E-state index < -0.39 is 5.82 Å². The van der Waals surface area contributed by atoms with Crippen molar-refractivity contribution in [3.05, 3.63) is 42.0 Å². The molecule has 0 amide bonds. The molecule has 0 atom stereocenters. The highest BCUT2D eigenvalue weighted by molar-refractivity contribution is 5.86. The Morgan fingerprint density at radius 3 is 2.59 bits per heavy atom. The molecular weight excluding hydrogens is 351 g/mol. The van der Waals surface area contributed by atoms with Gasteiger partial charge in [0.1, 0.15) is 12.4 Å². The Bertz CT molecular complexity index is 773. The van der Waals surface area contributed by atoms with Gasteiger partial charge in [0.2, 0.25) is 5.95 Å². The van der Waals surface area contributed by atoms with Gasteiger partial charge >= 0.3 is 0 Å². The lowest BCUT2D eigenvalue weighted by molar-refractivity contribution is 0.0743. The number of ether oxygens (including phenoxy) is 1. The molecule has 8 heteroatoms. The zero-order chi connectivity index (χ0) is 19.1. The Morgan fingerprint density at radius 2 is 1.93 bits per heavy atom. The summed E-state index contributed by atoms with van der Waals surface area (Å²) in [6, 6.07) is 4.91.